The van der Waals surface area contributed by atoms with Crippen LogP contribution in [-0.2, 0) is 0 Å². The summed E-state index contributed by atoms with van der Waals surface area (Å²) in [7, 11) is 0. The molecule has 2 aliphatic rings. The molecule has 1 heteroatoms. The van der Waals surface area contributed by atoms with Crippen molar-refractivity contribution in [2.24, 2.45) is 16.7 Å². The van der Waals surface area contributed by atoms with Gasteiger partial charge in [0.15, 0.2) is 0 Å². The van der Waals surface area contributed by atoms with E-state index in [0.29, 0.717) is 11.3 Å². The normalized spacial score (nSPS) is 37.1. The highest BCUT2D eigenvalue weighted by Crippen LogP contribution is 2.60. The first-order chi connectivity index (χ1) is 8.33. The standard InChI is InChI=1S/C17H28O/c1-6-13(18)15-12(2)8-9-14-16(3,4)10-7-11-17(14,15)5/h6,13-14,18H,1,7-11H2,2-5H3/t13?,14-,17-/m1/s1. The summed E-state index contributed by atoms with van der Waals surface area (Å²) in [6.45, 7) is 13.2. The van der Waals surface area contributed by atoms with Gasteiger partial charge in [-0.05, 0) is 54.9 Å². The molecule has 1 fully saturated rings. The summed E-state index contributed by atoms with van der Waals surface area (Å²) in [5.74, 6) is 0.701. The molecular weight excluding hydrogens is 220 g/mol. The topological polar surface area (TPSA) is 20.2 Å². The van der Waals surface area contributed by atoms with Gasteiger partial charge in [0.1, 0.15) is 0 Å². The highest BCUT2D eigenvalue weighted by Gasteiger charge is 2.51. The predicted molar refractivity (Wildman–Crippen MR) is 77.4 cm³/mol. The van der Waals surface area contributed by atoms with Gasteiger partial charge >= 0.3 is 0 Å². The third-order valence-electron chi connectivity index (χ3n) is 5.63. The largest absolute Gasteiger partial charge is 0.385 e. The first kappa shape index (κ1) is 13.9. The molecule has 3 atom stereocenters. The van der Waals surface area contributed by atoms with E-state index in [0.717, 1.165) is 6.42 Å². The maximum Gasteiger partial charge on any atom is 0.0937 e. The Hall–Kier alpha value is -0.560. The Morgan fingerprint density at radius 1 is 1.33 bits per heavy atom. The van der Waals surface area contributed by atoms with Crippen LogP contribution >= 0.6 is 0 Å². The van der Waals surface area contributed by atoms with Gasteiger partial charge in [-0.3, -0.25) is 0 Å². The molecule has 0 aromatic carbocycles. The first-order valence-electron chi connectivity index (χ1n) is 7.33. The van der Waals surface area contributed by atoms with Crippen LogP contribution in [-0.4, -0.2) is 11.2 Å². The molecule has 0 aromatic heterocycles. The molecule has 2 aliphatic carbocycles. The van der Waals surface area contributed by atoms with Crippen LogP contribution in [0.25, 0.3) is 0 Å². The Balaban J connectivity index is 2.48. The molecule has 1 N–H and O–H groups in total. The van der Waals surface area contributed by atoms with Crippen LogP contribution in [0.15, 0.2) is 23.8 Å². The summed E-state index contributed by atoms with van der Waals surface area (Å²) < 4.78 is 0. The van der Waals surface area contributed by atoms with E-state index in [9.17, 15) is 5.11 Å². The summed E-state index contributed by atoms with van der Waals surface area (Å²) >= 11 is 0. The van der Waals surface area contributed by atoms with Gasteiger partial charge < -0.3 is 5.11 Å². The zero-order chi connectivity index (χ0) is 13.6. The summed E-state index contributed by atoms with van der Waals surface area (Å²) in [6.07, 6.45) is 7.50. The number of allylic oxidation sites excluding steroid dienone is 1. The molecule has 1 saturated carbocycles. The molecule has 1 unspecified atom stereocenters. The molecule has 1 nitrogen and oxygen atoms in total. The molecular formula is C17H28O. The molecule has 0 saturated heterocycles. The Morgan fingerprint density at radius 2 is 2.00 bits per heavy atom. The minimum Gasteiger partial charge on any atom is -0.385 e. The van der Waals surface area contributed by atoms with E-state index in [-0.39, 0.29) is 5.41 Å². The zero-order valence-corrected chi connectivity index (χ0v) is 12.4. The average Bonchev–Trinajstić information content (AvgIpc) is 2.26. The van der Waals surface area contributed by atoms with Gasteiger partial charge in [0.2, 0.25) is 0 Å². The SMILES string of the molecule is C=CC(O)C1=C(C)CC[C@@H]2C(C)(C)CCC[C@@]12C. The average molecular weight is 248 g/mol. The van der Waals surface area contributed by atoms with Crippen molar-refractivity contribution < 1.29 is 5.11 Å². The van der Waals surface area contributed by atoms with Crippen LogP contribution in [0.1, 0.15) is 59.8 Å². The molecule has 0 bridgehead atoms. The lowest BCUT2D eigenvalue weighted by atomic mass is 9.49. The fourth-order valence-electron chi connectivity index (χ4n) is 4.84. The van der Waals surface area contributed by atoms with E-state index in [1.165, 1.54) is 36.8 Å². The van der Waals surface area contributed by atoms with Crippen LogP contribution < -0.4 is 0 Å². The van der Waals surface area contributed by atoms with Gasteiger partial charge in [-0.2, -0.15) is 0 Å². The van der Waals surface area contributed by atoms with Gasteiger partial charge in [-0.25, -0.2) is 0 Å². The van der Waals surface area contributed by atoms with Crippen molar-refractivity contribution in [2.75, 3.05) is 0 Å². The number of rotatable bonds is 2. The highest BCUT2D eigenvalue weighted by atomic mass is 16.3. The molecule has 0 aromatic rings. The van der Waals surface area contributed by atoms with E-state index in [1.807, 2.05) is 0 Å². The summed E-state index contributed by atoms with van der Waals surface area (Å²) in [5.41, 5.74) is 3.26. The summed E-state index contributed by atoms with van der Waals surface area (Å²) in [4.78, 5) is 0. The number of hydrogen-bond acceptors (Lipinski definition) is 1. The maximum atomic E-state index is 10.4. The van der Waals surface area contributed by atoms with Crippen LogP contribution in [0.5, 0.6) is 0 Å². The summed E-state index contributed by atoms with van der Waals surface area (Å²) in [5, 5.41) is 10.4. The fourth-order valence-corrected chi connectivity index (χ4v) is 4.84. The van der Waals surface area contributed by atoms with Crippen LogP contribution in [0.2, 0.25) is 0 Å². The molecule has 0 spiro atoms. The Morgan fingerprint density at radius 3 is 2.61 bits per heavy atom. The Kier molecular flexibility index (Phi) is 3.48. The monoisotopic (exact) mass is 248 g/mol. The van der Waals surface area contributed by atoms with Crippen LogP contribution in [0.3, 0.4) is 0 Å². The molecule has 0 aliphatic heterocycles. The number of fused-ring (bicyclic) bond motifs is 1. The van der Waals surface area contributed by atoms with Crippen LogP contribution in [0.4, 0.5) is 0 Å². The van der Waals surface area contributed by atoms with Crippen LogP contribution in [0, 0.1) is 16.7 Å². The van der Waals surface area contributed by atoms with Gasteiger partial charge in [-0.1, -0.05) is 38.8 Å². The zero-order valence-electron chi connectivity index (χ0n) is 12.4. The van der Waals surface area contributed by atoms with Crippen molar-refractivity contribution in [3.63, 3.8) is 0 Å². The minimum atomic E-state index is -0.452. The second kappa shape index (κ2) is 4.52. The lowest BCUT2D eigenvalue weighted by Gasteiger charge is -2.55. The molecule has 0 radical (unpaired) electrons. The summed E-state index contributed by atoms with van der Waals surface area (Å²) in [6, 6.07) is 0. The third-order valence-corrected chi connectivity index (χ3v) is 5.63. The van der Waals surface area contributed by atoms with E-state index < -0.39 is 6.10 Å². The smallest absolute Gasteiger partial charge is 0.0937 e. The maximum absolute atomic E-state index is 10.4. The van der Waals surface area contributed by atoms with Crippen molar-refractivity contribution in [1.29, 1.82) is 0 Å². The second-order valence-electron chi connectivity index (χ2n) is 7.23. The van der Waals surface area contributed by atoms with E-state index in [4.69, 9.17) is 0 Å². The Bertz CT molecular complexity index is 377. The van der Waals surface area contributed by atoms with Crippen molar-refractivity contribution in [1.82, 2.24) is 0 Å². The predicted octanol–water partition coefficient (Wildman–Crippen LogP) is 4.48. The Labute approximate surface area is 112 Å². The lowest BCUT2D eigenvalue weighted by molar-refractivity contribution is 0.000468. The van der Waals surface area contributed by atoms with E-state index in [2.05, 4.69) is 34.3 Å². The molecule has 2 rings (SSSR count). The van der Waals surface area contributed by atoms with Crippen molar-refractivity contribution in [2.45, 2.75) is 65.9 Å². The first-order valence-corrected chi connectivity index (χ1v) is 7.33. The van der Waals surface area contributed by atoms with Gasteiger partial charge in [-0.15, -0.1) is 6.58 Å². The number of aliphatic hydroxyl groups is 1. The molecule has 18 heavy (non-hydrogen) atoms. The highest BCUT2D eigenvalue weighted by molar-refractivity contribution is 5.32. The van der Waals surface area contributed by atoms with Crippen molar-refractivity contribution in [3.05, 3.63) is 23.8 Å². The fraction of sp³-hybridized carbons (Fsp3) is 0.765. The second-order valence-corrected chi connectivity index (χ2v) is 7.23. The molecule has 102 valence electrons. The number of aliphatic hydroxyl groups excluding tert-OH is 1. The van der Waals surface area contributed by atoms with Crippen molar-refractivity contribution >= 4 is 0 Å². The molecule has 0 heterocycles. The van der Waals surface area contributed by atoms with E-state index >= 15 is 0 Å². The minimum absolute atomic E-state index is 0.178. The number of hydrogen-bond donors (Lipinski definition) is 1. The van der Waals surface area contributed by atoms with Crippen molar-refractivity contribution in [3.8, 4) is 0 Å². The van der Waals surface area contributed by atoms with Gasteiger partial charge in [0.05, 0.1) is 6.10 Å². The van der Waals surface area contributed by atoms with Gasteiger partial charge in [0.25, 0.3) is 0 Å². The quantitative estimate of drug-likeness (QED) is 0.715. The molecule has 0 amide bonds. The third kappa shape index (κ3) is 1.97. The van der Waals surface area contributed by atoms with E-state index in [1.54, 1.807) is 6.08 Å². The lowest BCUT2D eigenvalue weighted by Crippen LogP contribution is -2.47. The van der Waals surface area contributed by atoms with Gasteiger partial charge in [0, 0.05) is 0 Å².